The van der Waals surface area contributed by atoms with Gasteiger partial charge in [-0.2, -0.15) is 0 Å². The lowest BCUT2D eigenvalue weighted by Crippen LogP contribution is -2.32. The number of para-hydroxylation sites is 2. The van der Waals surface area contributed by atoms with Crippen LogP contribution in [0, 0.1) is 0 Å². The van der Waals surface area contributed by atoms with Gasteiger partial charge in [-0.25, -0.2) is 9.97 Å². The highest BCUT2D eigenvalue weighted by molar-refractivity contribution is 6.08. The lowest BCUT2D eigenvalue weighted by Gasteiger charge is -2.40. The minimum absolute atomic E-state index is 0.549. The van der Waals surface area contributed by atoms with Gasteiger partial charge in [-0.05, 0) is 68.1 Å². The van der Waals surface area contributed by atoms with Crippen molar-refractivity contribution in [3.8, 4) is 56.5 Å². The Morgan fingerprint density at radius 2 is 1.00 bits per heavy atom. The third kappa shape index (κ3) is 4.08. The molecule has 3 nitrogen and oxygen atoms in total. The number of benzene rings is 8. The van der Waals surface area contributed by atoms with E-state index in [-0.39, 0.29) is 0 Å². The molecule has 0 bridgehead atoms. The first-order valence-corrected chi connectivity index (χ1v) is 17.7. The number of hydrogen-bond donors (Lipinski definition) is 0. The summed E-state index contributed by atoms with van der Waals surface area (Å²) in [7, 11) is 0. The second-order valence-corrected chi connectivity index (χ2v) is 13.7. The largest absolute Gasteiger partial charge is 0.456 e. The highest BCUT2D eigenvalue weighted by Crippen LogP contribution is 2.63. The van der Waals surface area contributed by atoms with Crippen LogP contribution in [-0.4, -0.2) is 9.97 Å². The molecular formula is C49H30N2O. The van der Waals surface area contributed by atoms with Crippen molar-refractivity contribution in [2.45, 2.75) is 5.41 Å². The third-order valence-corrected chi connectivity index (χ3v) is 10.9. The van der Waals surface area contributed by atoms with Crippen LogP contribution < -0.4 is 4.74 Å². The maximum Gasteiger partial charge on any atom is 0.160 e. The lowest BCUT2D eigenvalue weighted by atomic mass is 9.65. The van der Waals surface area contributed by atoms with Crippen molar-refractivity contribution in [3.05, 3.63) is 204 Å². The van der Waals surface area contributed by atoms with Gasteiger partial charge in [0.05, 0.1) is 16.8 Å². The molecule has 242 valence electrons. The molecule has 3 heteroatoms. The molecule has 0 atom stereocenters. The maximum atomic E-state index is 7.01. The van der Waals surface area contributed by atoms with Crippen LogP contribution in [0.1, 0.15) is 22.3 Å². The average Bonchev–Trinajstić information content (AvgIpc) is 3.51. The van der Waals surface area contributed by atoms with E-state index >= 15 is 0 Å². The predicted octanol–water partition coefficient (Wildman–Crippen LogP) is 12.3. The molecule has 2 aliphatic rings. The summed E-state index contributed by atoms with van der Waals surface area (Å²) < 4.78 is 7.01. The van der Waals surface area contributed by atoms with Crippen LogP contribution in [0.2, 0.25) is 0 Å². The molecule has 0 fully saturated rings. The molecule has 1 spiro atoms. The van der Waals surface area contributed by atoms with E-state index in [0.717, 1.165) is 50.7 Å². The van der Waals surface area contributed by atoms with Crippen molar-refractivity contribution in [2.24, 2.45) is 0 Å². The summed E-state index contributed by atoms with van der Waals surface area (Å²) in [6.07, 6.45) is 0. The van der Waals surface area contributed by atoms with Crippen molar-refractivity contribution < 1.29 is 4.74 Å². The number of ether oxygens (including phenoxy) is 1. The Labute approximate surface area is 301 Å². The van der Waals surface area contributed by atoms with Gasteiger partial charge < -0.3 is 4.74 Å². The van der Waals surface area contributed by atoms with Crippen LogP contribution in [0.4, 0.5) is 0 Å². The second-order valence-electron chi connectivity index (χ2n) is 13.7. The number of nitrogens with zero attached hydrogens (tertiary/aromatic N) is 2. The number of fused-ring (bicyclic) bond motifs is 12. The van der Waals surface area contributed by atoms with Gasteiger partial charge in [0.1, 0.15) is 11.5 Å². The molecule has 9 aromatic rings. The molecule has 11 rings (SSSR count). The van der Waals surface area contributed by atoms with Crippen LogP contribution in [0.25, 0.3) is 66.6 Å². The Kier molecular flexibility index (Phi) is 6.17. The molecule has 1 aliphatic carbocycles. The zero-order chi connectivity index (χ0) is 34.2. The minimum atomic E-state index is -0.549. The zero-order valence-corrected chi connectivity index (χ0v) is 28.1. The molecule has 0 saturated heterocycles. The smallest absolute Gasteiger partial charge is 0.160 e. The van der Waals surface area contributed by atoms with Gasteiger partial charge in [0, 0.05) is 27.8 Å². The summed E-state index contributed by atoms with van der Waals surface area (Å²) in [4.78, 5) is 10.5. The van der Waals surface area contributed by atoms with Crippen LogP contribution in [0.5, 0.6) is 11.5 Å². The fourth-order valence-corrected chi connectivity index (χ4v) is 8.70. The molecule has 1 aromatic heterocycles. The first-order valence-electron chi connectivity index (χ1n) is 17.7. The summed E-state index contributed by atoms with van der Waals surface area (Å²) in [6.45, 7) is 0. The van der Waals surface area contributed by atoms with Gasteiger partial charge in [-0.15, -0.1) is 0 Å². The van der Waals surface area contributed by atoms with E-state index in [0.29, 0.717) is 5.82 Å². The molecule has 0 radical (unpaired) electrons. The molecule has 0 N–H and O–H groups in total. The van der Waals surface area contributed by atoms with Crippen molar-refractivity contribution in [1.29, 1.82) is 0 Å². The van der Waals surface area contributed by atoms with Gasteiger partial charge in [-0.3, -0.25) is 0 Å². The van der Waals surface area contributed by atoms with Crippen LogP contribution in [0.15, 0.2) is 182 Å². The van der Waals surface area contributed by atoms with Gasteiger partial charge in [0.2, 0.25) is 0 Å². The van der Waals surface area contributed by atoms with Crippen molar-refractivity contribution >= 4 is 21.5 Å². The van der Waals surface area contributed by atoms with E-state index in [1.54, 1.807) is 0 Å². The first kappa shape index (κ1) is 28.9. The van der Waals surface area contributed by atoms with Crippen molar-refractivity contribution in [3.63, 3.8) is 0 Å². The molecule has 0 amide bonds. The number of rotatable bonds is 3. The third-order valence-electron chi connectivity index (χ3n) is 10.9. The standard InChI is InChI=1S/C49H30N2O/c1-2-14-32(15-3-1)48-50-44(34-27-28-36-33(29-34)26-25-31-13-4-5-16-35(31)36)30-45(51-48)39-19-12-23-43-47(39)52-46-24-11-10-22-42(46)49(43)40-20-8-6-17-37(40)38-18-7-9-21-41(38)49/h1-30H. The Morgan fingerprint density at radius 3 is 1.83 bits per heavy atom. The summed E-state index contributed by atoms with van der Waals surface area (Å²) in [5.74, 6) is 2.35. The molecule has 52 heavy (non-hydrogen) atoms. The SMILES string of the molecule is c1ccc(-c2nc(-c3ccc4c(ccc5ccccc54)c3)cc(-c3cccc4c3Oc3ccccc3C43c4ccccc4-c4ccccc43)n2)cc1. The topological polar surface area (TPSA) is 35.0 Å². The molecule has 0 saturated carbocycles. The summed E-state index contributed by atoms with van der Waals surface area (Å²) in [6, 6.07) is 64.7. The molecule has 2 heterocycles. The highest BCUT2D eigenvalue weighted by Gasteiger charge is 2.51. The zero-order valence-electron chi connectivity index (χ0n) is 28.1. The van der Waals surface area contributed by atoms with E-state index in [1.807, 2.05) is 18.2 Å². The summed E-state index contributed by atoms with van der Waals surface area (Å²) in [5, 5.41) is 4.89. The Morgan fingerprint density at radius 1 is 0.385 bits per heavy atom. The van der Waals surface area contributed by atoms with Gasteiger partial charge >= 0.3 is 0 Å². The van der Waals surface area contributed by atoms with Crippen LogP contribution in [0.3, 0.4) is 0 Å². The molecule has 8 aromatic carbocycles. The van der Waals surface area contributed by atoms with Crippen LogP contribution >= 0.6 is 0 Å². The first-order chi connectivity index (χ1) is 25.8. The fourth-order valence-electron chi connectivity index (χ4n) is 8.70. The quantitative estimate of drug-likeness (QED) is 0.177. The van der Waals surface area contributed by atoms with Gasteiger partial charge in [0.25, 0.3) is 0 Å². The van der Waals surface area contributed by atoms with Gasteiger partial charge in [-0.1, -0.05) is 158 Å². The predicted molar refractivity (Wildman–Crippen MR) is 211 cm³/mol. The van der Waals surface area contributed by atoms with E-state index in [9.17, 15) is 0 Å². The second kappa shape index (κ2) is 11.1. The van der Waals surface area contributed by atoms with E-state index in [4.69, 9.17) is 14.7 Å². The average molecular weight is 663 g/mol. The normalized spacial score (nSPS) is 13.3. The Bertz CT molecular complexity index is 2850. The Hall–Kier alpha value is -6.84. The lowest BCUT2D eigenvalue weighted by molar-refractivity contribution is 0.438. The van der Waals surface area contributed by atoms with Crippen molar-refractivity contribution in [1.82, 2.24) is 9.97 Å². The highest BCUT2D eigenvalue weighted by atomic mass is 16.5. The molecule has 0 unspecified atom stereocenters. The number of hydrogen-bond acceptors (Lipinski definition) is 3. The van der Waals surface area contributed by atoms with E-state index in [2.05, 4.69) is 164 Å². The van der Waals surface area contributed by atoms with Crippen molar-refractivity contribution in [2.75, 3.05) is 0 Å². The maximum absolute atomic E-state index is 7.01. The van der Waals surface area contributed by atoms with E-state index < -0.39 is 5.41 Å². The monoisotopic (exact) mass is 662 g/mol. The summed E-state index contributed by atoms with van der Waals surface area (Å²) >= 11 is 0. The molecule has 1 aliphatic heterocycles. The van der Waals surface area contributed by atoms with Crippen LogP contribution in [-0.2, 0) is 5.41 Å². The number of aromatic nitrogens is 2. The molecular weight excluding hydrogens is 633 g/mol. The Balaban J connectivity index is 1.17. The van der Waals surface area contributed by atoms with E-state index in [1.165, 1.54) is 43.8 Å². The fraction of sp³-hybridized carbons (Fsp3) is 0.0204. The minimum Gasteiger partial charge on any atom is -0.456 e. The summed E-state index contributed by atoms with van der Waals surface area (Å²) in [5.41, 5.74) is 11.4. The van der Waals surface area contributed by atoms with Gasteiger partial charge in [0.15, 0.2) is 5.82 Å².